The molecule has 19 heavy (non-hydrogen) atoms. The smallest absolute Gasteiger partial charge is 0.241 e. The summed E-state index contributed by atoms with van der Waals surface area (Å²) in [6, 6.07) is 1.65. The fourth-order valence-corrected chi connectivity index (χ4v) is 2.41. The van der Waals surface area contributed by atoms with Crippen molar-refractivity contribution in [2.24, 2.45) is 0 Å². The number of hydrogen-bond acceptors (Lipinski definition) is 2. The minimum absolute atomic E-state index is 0.0376. The van der Waals surface area contributed by atoms with E-state index in [-0.39, 0.29) is 22.1 Å². The van der Waals surface area contributed by atoms with Gasteiger partial charge in [0.1, 0.15) is 11.6 Å². The number of rotatable bonds is 2. The van der Waals surface area contributed by atoms with Crippen LogP contribution in [-0.2, 0) is 4.79 Å². The maximum Gasteiger partial charge on any atom is 0.241 e. The van der Waals surface area contributed by atoms with Crippen LogP contribution >= 0.6 is 15.9 Å². The molecular weight excluding hydrogens is 318 g/mol. The highest BCUT2D eigenvalue weighted by molar-refractivity contribution is 9.10. The summed E-state index contributed by atoms with van der Waals surface area (Å²) in [7, 11) is 0. The Kier molecular flexibility index (Phi) is 4.87. The van der Waals surface area contributed by atoms with Crippen molar-refractivity contribution in [2.75, 3.05) is 11.9 Å². The van der Waals surface area contributed by atoms with Crippen molar-refractivity contribution in [1.29, 1.82) is 0 Å². The van der Waals surface area contributed by atoms with Gasteiger partial charge in [0.05, 0.1) is 16.2 Å². The lowest BCUT2D eigenvalue weighted by Gasteiger charge is -2.16. The van der Waals surface area contributed by atoms with E-state index >= 15 is 0 Å². The zero-order chi connectivity index (χ0) is 13.8. The van der Waals surface area contributed by atoms with Crippen molar-refractivity contribution >= 4 is 27.5 Å². The van der Waals surface area contributed by atoms with Gasteiger partial charge in [-0.3, -0.25) is 4.79 Å². The second kappa shape index (κ2) is 6.43. The lowest BCUT2D eigenvalue weighted by atomic mass is 10.1. The molecule has 1 aromatic carbocycles. The molecule has 1 saturated heterocycles. The fourth-order valence-electron chi connectivity index (χ4n) is 2.09. The molecule has 2 rings (SSSR count). The van der Waals surface area contributed by atoms with E-state index < -0.39 is 11.6 Å². The van der Waals surface area contributed by atoms with Crippen LogP contribution in [-0.4, -0.2) is 18.5 Å². The third-order valence-corrected chi connectivity index (χ3v) is 3.75. The molecule has 1 atom stereocenters. The zero-order valence-corrected chi connectivity index (χ0v) is 11.9. The predicted octanol–water partition coefficient (Wildman–Crippen LogP) is 3.20. The van der Waals surface area contributed by atoms with Gasteiger partial charge in [-0.1, -0.05) is 12.8 Å². The molecule has 1 aliphatic heterocycles. The Hall–Kier alpha value is -1.01. The molecular formula is C13H15BrF2N2O. The normalized spacial score (nSPS) is 19.8. The van der Waals surface area contributed by atoms with Crippen molar-refractivity contribution in [1.82, 2.24) is 5.32 Å². The van der Waals surface area contributed by atoms with Crippen LogP contribution in [0.1, 0.15) is 25.7 Å². The van der Waals surface area contributed by atoms with Crippen molar-refractivity contribution < 1.29 is 13.6 Å². The highest BCUT2D eigenvalue weighted by Gasteiger charge is 2.21. The lowest BCUT2D eigenvalue weighted by Crippen LogP contribution is -2.40. The van der Waals surface area contributed by atoms with E-state index in [9.17, 15) is 13.6 Å². The van der Waals surface area contributed by atoms with Gasteiger partial charge in [-0.15, -0.1) is 0 Å². The first-order chi connectivity index (χ1) is 9.08. The number of carbonyl (C=O) groups is 1. The second-order valence-electron chi connectivity index (χ2n) is 4.59. The van der Waals surface area contributed by atoms with Crippen LogP contribution in [0.25, 0.3) is 0 Å². The molecule has 0 spiro atoms. The molecule has 104 valence electrons. The van der Waals surface area contributed by atoms with E-state index in [1.807, 2.05) is 0 Å². The number of nitrogens with one attached hydrogen (secondary N) is 2. The fraction of sp³-hybridized carbons (Fsp3) is 0.462. The topological polar surface area (TPSA) is 41.1 Å². The van der Waals surface area contributed by atoms with Crippen LogP contribution in [0, 0.1) is 11.6 Å². The molecule has 6 heteroatoms. The molecule has 0 radical (unpaired) electrons. The molecule has 1 amide bonds. The van der Waals surface area contributed by atoms with Crippen LogP contribution in [0.2, 0.25) is 0 Å². The van der Waals surface area contributed by atoms with E-state index in [2.05, 4.69) is 26.6 Å². The minimum atomic E-state index is -0.657. The minimum Gasteiger partial charge on any atom is -0.322 e. The summed E-state index contributed by atoms with van der Waals surface area (Å²) in [6.07, 6.45) is 3.79. The summed E-state index contributed by atoms with van der Waals surface area (Å²) in [5.74, 6) is -1.58. The maximum absolute atomic E-state index is 13.6. The average molecular weight is 333 g/mol. The number of halogens is 3. The molecule has 0 saturated carbocycles. The summed E-state index contributed by atoms with van der Waals surface area (Å²) in [6.45, 7) is 0.773. The Labute approximate surface area is 118 Å². The zero-order valence-electron chi connectivity index (χ0n) is 10.3. The van der Waals surface area contributed by atoms with Gasteiger partial charge in [0, 0.05) is 6.07 Å². The monoisotopic (exact) mass is 332 g/mol. The highest BCUT2D eigenvalue weighted by Crippen LogP contribution is 2.23. The second-order valence-corrected chi connectivity index (χ2v) is 5.45. The molecule has 1 heterocycles. The maximum atomic E-state index is 13.6. The van der Waals surface area contributed by atoms with Crippen LogP contribution in [0.4, 0.5) is 14.5 Å². The first-order valence-corrected chi connectivity index (χ1v) is 7.06. The standard InChI is InChI=1S/C13H15BrF2N2O/c14-8-6-10(16)12(7-9(8)15)18-13(19)11-4-2-1-3-5-17-11/h6-7,11,17H,1-5H2,(H,18,19). The Morgan fingerprint density at radius 1 is 1.26 bits per heavy atom. The molecule has 1 fully saturated rings. The van der Waals surface area contributed by atoms with Crippen LogP contribution in [0.3, 0.4) is 0 Å². The van der Waals surface area contributed by atoms with Gasteiger partial charge < -0.3 is 10.6 Å². The van der Waals surface area contributed by atoms with Gasteiger partial charge in [0.25, 0.3) is 0 Å². The number of hydrogen-bond donors (Lipinski definition) is 2. The number of carbonyl (C=O) groups excluding carboxylic acids is 1. The van der Waals surface area contributed by atoms with E-state index in [1.54, 1.807) is 0 Å². The van der Waals surface area contributed by atoms with Crippen molar-refractivity contribution in [3.05, 3.63) is 28.2 Å². The van der Waals surface area contributed by atoms with Crippen molar-refractivity contribution in [3.63, 3.8) is 0 Å². The summed E-state index contributed by atoms with van der Waals surface area (Å²) < 4.78 is 27.0. The SMILES string of the molecule is O=C(Nc1cc(F)c(Br)cc1F)C1CCCCCN1. The van der Waals surface area contributed by atoms with E-state index in [0.717, 1.165) is 37.9 Å². The van der Waals surface area contributed by atoms with E-state index in [0.29, 0.717) is 6.42 Å². The van der Waals surface area contributed by atoms with Gasteiger partial charge >= 0.3 is 0 Å². The van der Waals surface area contributed by atoms with E-state index in [1.165, 1.54) is 0 Å². The highest BCUT2D eigenvalue weighted by atomic mass is 79.9. The largest absolute Gasteiger partial charge is 0.322 e. The van der Waals surface area contributed by atoms with Gasteiger partial charge in [-0.2, -0.15) is 0 Å². The summed E-state index contributed by atoms with van der Waals surface area (Å²) in [5.41, 5.74) is -0.128. The van der Waals surface area contributed by atoms with Gasteiger partial charge in [-0.05, 0) is 41.4 Å². The molecule has 3 nitrogen and oxygen atoms in total. The first-order valence-electron chi connectivity index (χ1n) is 6.26. The van der Waals surface area contributed by atoms with E-state index in [4.69, 9.17) is 0 Å². The summed E-state index contributed by atoms with van der Waals surface area (Å²) in [4.78, 5) is 12.0. The van der Waals surface area contributed by atoms with Gasteiger partial charge in [0.15, 0.2) is 0 Å². The predicted molar refractivity (Wildman–Crippen MR) is 72.9 cm³/mol. The quantitative estimate of drug-likeness (QED) is 0.816. The van der Waals surface area contributed by atoms with Crippen molar-refractivity contribution in [3.8, 4) is 0 Å². The molecule has 1 aliphatic rings. The third-order valence-electron chi connectivity index (χ3n) is 3.14. The Balaban J connectivity index is 2.07. The van der Waals surface area contributed by atoms with Crippen LogP contribution in [0.5, 0.6) is 0 Å². The van der Waals surface area contributed by atoms with Gasteiger partial charge in [0.2, 0.25) is 5.91 Å². The average Bonchev–Trinajstić information content (AvgIpc) is 2.64. The molecule has 0 bridgehead atoms. The lowest BCUT2D eigenvalue weighted by molar-refractivity contribution is -0.118. The molecule has 0 aliphatic carbocycles. The number of amides is 1. The first kappa shape index (κ1) is 14.4. The number of anilines is 1. The number of benzene rings is 1. The molecule has 0 aromatic heterocycles. The molecule has 1 aromatic rings. The van der Waals surface area contributed by atoms with Crippen LogP contribution in [0.15, 0.2) is 16.6 Å². The third kappa shape index (κ3) is 3.73. The Morgan fingerprint density at radius 3 is 2.84 bits per heavy atom. The summed E-state index contributed by atoms with van der Waals surface area (Å²) in [5, 5.41) is 5.55. The van der Waals surface area contributed by atoms with Gasteiger partial charge in [-0.25, -0.2) is 8.78 Å². The Morgan fingerprint density at radius 2 is 2.05 bits per heavy atom. The molecule has 2 N–H and O–H groups in total. The Bertz CT molecular complexity index is 474. The van der Waals surface area contributed by atoms with Crippen molar-refractivity contribution in [2.45, 2.75) is 31.7 Å². The molecule has 1 unspecified atom stereocenters. The van der Waals surface area contributed by atoms with Crippen LogP contribution < -0.4 is 10.6 Å². The summed E-state index contributed by atoms with van der Waals surface area (Å²) >= 11 is 2.89.